The van der Waals surface area contributed by atoms with E-state index in [0.717, 1.165) is 29.9 Å². The number of thioether (sulfide) groups is 1. The summed E-state index contributed by atoms with van der Waals surface area (Å²) in [6.45, 7) is 2.20. The van der Waals surface area contributed by atoms with Crippen molar-refractivity contribution in [3.63, 3.8) is 0 Å². The Kier molecular flexibility index (Phi) is 6.73. The zero-order chi connectivity index (χ0) is 21.8. The van der Waals surface area contributed by atoms with Gasteiger partial charge in [-0.3, -0.25) is 10.2 Å². The van der Waals surface area contributed by atoms with Gasteiger partial charge in [0.2, 0.25) is 5.17 Å². The Hall–Kier alpha value is -2.64. The first-order chi connectivity index (χ1) is 15.1. The number of rotatable bonds is 8. The Morgan fingerprint density at radius 1 is 1.16 bits per heavy atom. The average molecular weight is 455 g/mol. The van der Waals surface area contributed by atoms with Gasteiger partial charge in [0, 0.05) is 5.56 Å². The predicted octanol–water partition coefficient (Wildman–Crippen LogP) is 6.58. The second-order valence-corrected chi connectivity index (χ2v) is 8.81. The van der Waals surface area contributed by atoms with Crippen molar-refractivity contribution >= 4 is 51.4 Å². The van der Waals surface area contributed by atoms with Gasteiger partial charge in [-0.2, -0.15) is 15.1 Å². The molecule has 0 saturated carbocycles. The normalized spacial score (nSPS) is 17.2. The Bertz CT molecular complexity index is 1100. The molecule has 2 aliphatic heterocycles. The topological polar surface area (TPSA) is 82.0 Å². The molecule has 160 valence electrons. The van der Waals surface area contributed by atoms with Gasteiger partial charge in [0.25, 0.3) is 5.91 Å². The van der Waals surface area contributed by atoms with Crippen LogP contribution in [-0.2, 0) is 4.79 Å². The number of hydrogen-bond acceptors (Lipinski definition) is 5. The van der Waals surface area contributed by atoms with Crippen LogP contribution in [0.25, 0.3) is 17.4 Å². The fourth-order valence-corrected chi connectivity index (χ4v) is 4.55. The molecule has 0 saturated heterocycles. The van der Waals surface area contributed by atoms with Crippen molar-refractivity contribution in [3.8, 4) is 11.3 Å². The molecular formula is C23H23ClN4O2S. The van der Waals surface area contributed by atoms with E-state index in [1.807, 2.05) is 18.2 Å². The molecule has 0 atom stereocenters. The Morgan fingerprint density at radius 2 is 1.97 bits per heavy atom. The summed E-state index contributed by atoms with van der Waals surface area (Å²) in [4.78, 5) is 16.7. The lowest BCUT2D eigenvalue weighted by Gasteiger charge is -2.19. The van der Waals surface area contributed by atoms with Gasteiger partial charge in [-0.15, -0.1) is 0 Å². The molecule has 1 aromatic carbocycles. The zero-order valence-corrected chi connectivity index (χ0v) is 18.8. The molecule has 2 aliphatic rings. The van der Waals surface area contributed by atoms with Crippen LogP contribution in [0.2, 0.25) is 5.02 Å². The molecule has 0 unspecified atom stereocenters. The maximum atomic E-state index is 12.6. The highest BCUT2D eigenvalue weighted by atomic mass is 35.5. The fourth-order valence-electron chi connectivity index (χ4n) is 3.39. The van der Waals surface area contributed by atoms with E-state index in [-0.39, 0.29) is 11.4 Å². The van der Waals surface area contributed by atoms with Gasteiger partial charge in [0.1, 0.15) is 16.6 Å². The lowest BCUT2D eigenvalue weighted by Crippen LogP contribution is -2.35. The van der Waals surface area contributed by atoms with E-state index >= 15 is 0 Å². The highest BCUT2D eigenvalue weighted by molar-refractivity contribution is 8.26. The van der Waals surface area contributed by atoms with Crippen LogP contribution in [0.15, 0.2) is 56.5 Å². The molecule has 0 spiro atoms. The highest BCUT2D eigenvalue weighted by Crippen LogP contribution is 2.32. The Labute approximate surface area is 190 Å². The molecule has 1 N–H and O–H groups in total. The third-order valence-electron chi connectivity index (χ3n) is 5.04. The summed E-state index contributed by atoms with van der Waals surface area (Å²) in [6.07, 6.45) is 8.26. The number of amidine groups is 2. The van der Waals surface area contributed by atoms with Crippen LogP contribution in [0.1, 0.15) is 51.2 Å². The fraction of sp³-hybridized carbons (Fsp3) is 0.304. The second kappa shape index (κ2) is 9.66. The third-order valence-corrected chi connectivity index (χ3v) is 6.34. The average Bonchev–Trinajstić information content (AvgIpc) is 3.38. The summed E-state index contributed by atoms with van der Waals surface area (Å²) < 4.78 is 5.85. The summed E-state index contributed by atoms with van der Waals surface area (Å²) in [5.41, 5.74) is 0.917. The number of aliphatic imine (C=N–C) groups is 1. The van der Waals surface area contributed by atoms with Crippen LogP contribution in [0, 0.1) is 5.41 Å². The number of amides is 1. The SMILES string of the molecule is CCCCCCCC1=NN2C(=N)C(=Cc3ccc(-c4ccccc4Cl)o3)C(=O)N=C2S1. The zero-order valence-electron chi connectivity index (χ0n) is 17.2. The summed E-state index contributed by atoms with van der Waals surface area (Å²) in [7, 11) is 0. The number of fused-ring (bicyclic) bond motifs is 1. The van der Waals surface area contributed by atoms with Crippen LogP contribution >= 0.6 is 23.4 Å². The Morgan fingerprint density at radius 3 is 2.77 bits per heavy atom. The number of unbranched alkanes of at least 4 members (excludes halogenated alkanes) is 4. The van der Waals surface area contributed by atoms with Crippen molar-refractivity contribution in [2.75, 3.05) is 0 Å². The number of hydrogen-bond donors (Lipinski definition) is 1. The molecule has 3 heterocycles. The number of carbonyl (C=O) groups excluding carboxylic acids is 1. The maximum absolute atomic E-state index is 12.6. The summed E-state index contributed by atoms with van der Waals surface area (Å²) in [6, 6.07) is 10.9. The van der Waals surface area contributed by atoms with Crippen molar-refractivity contribution in [1.29, 1.82) is 5.41 Å². The van der Waals surface area contributed by atoms with E-state index in [4.69, 9.17) is 21.4 Å². The summed E-state index contributed by atoms with van der Waals surface area (Å²) in [5.74, 6) is 0.600. The van der Waals surface area contributed by atoms with Crippen LogP contribution in [0.4, 0.5) is 0 Å². The Balaban J connectivity index is 1.49. The third kappa shape index (κ3) is 4.83. The lowest BCUT2D eigenvalue weighted by molar-refractivity contribution is -0.114. The van der Waals surface area contributed by atoms with Crippen LogP contribution in [0.5, 0.6) is 0 Å². The van der Waals surface area contributed by atoms with Gasteiger partial charge in [-0.25, -0.2) is 0 Å². The van der Waals surface area contributed by atoms with Crippen LogP contribution in [-0.4, -0.2) is 27.0 Å². The minimum Gasteiger partial charge on any atom is -0.457 e. The van der Waals surface area contributed by atoms with Crippen LogP contribution in [0.3, 0.4) is 0 Å². The van der Waals surface area contributed by atoms with E-state index in [0.29, 0.717) is 21.7 Å². The summed E-state index contributed by atoms with van der Waals surface area (Å²) in [5, 5.41) is 16.4. The number of benzene rings is 1. The number of nitrogens with one attached hydrogen (secondary N) is 1. The largest absolute Gasteiger partial charge is 0.457 e. The molecule has 31 heavy (non-hydrogen) atoms. The second-order valence-electron chi connectivity index (χ2n) is 7.36. The number of carbonyl (C=O) groups is 1. The number of furan rings is 1. The molecule has 8 heteroatoms. The van der Waals surface area contributed by atoms with E-state index in [1.165, 1.54) is 42.1 Å². The van der Waals surface area contributed by atoms with E-state index in [2.05, 4.69) is 17.0 Å². The van der Waals surface area contributed by atoms with Gasteiger partial charge in [-0.1, -0.05) is 56.3 Å². The van der Waals surface area contributed by atoms with Crippen molar-refractivity contribution in [2.45, 2.75) is 45.4 Å². The molecule has 6 nitrogen and oxygen atoms in total. The molecular weight excluding hydrogens is 432 g/mol. The maximum Gasteiger partial charge on any atom is 0.283 e. The first-order valence-corrected chi connectivity index (χ1v) is 11.6. The molecule has 0 aliphatic carbocycles. The highest BCUT2D eigenvalue weighted by Gasteiger charge is 2.35. The number of halogens is 1. The van der Waals surface area contributed by atoms with Crippen molar-refractivity contribution in [1.82, 2.24) is 5.01 Å². The van der Waals surface area contributed by atoms with Gasteiger partial charge >= 0.3 is 0 Å². The number of nitrogens with zero attached hydrogens (tertiary/aromatic N) is 3. The van der Waals surface area contributed by atoms with Gasteiger partial charge in [0.05, 0.1) is 10.6 Å². The van der Waals surface area contributed by atoms with Crippen molar-refractivity contribution in [3.05, 3.63) is 52.8 Å². The number of hydrazone groups is 1. The quantitative estimate of drug-likeness (QED) is 0.360. The van der Waals surface area contributed by atoms with Crippen LogP contribution < -0.4 is 0 Å². The predicted molar refractivity (Wildman–Crippen MR) is 128 cm³/mol. The van der Waals surface area contributed by atoms with Crippen molar-refractivity contribution < 1.29 is 9.21 Å². The smallest absolute Gasteiger partial charge is 0.283 e. The van der Waals surface area contributed by atoms with E-state index < -0.39 is 5.91 Å². The molecule has 1 amide bonds. The van der Waals surface area contributed by atoms with Gasteiger partial charge in [0.15, 0.2) is 5.84 Å². The van der Waals surface area contributed by atoms with E-state index in [1.54, 1.807) is 18.2 Å². The molecule has 0 fully saturated rings. The molecule has 2 aromatic rings. The standard InChI is InChI=1S/C23H23ClN4O2S/c1-2-3-4-5-6-11-20-27-28-21(25)17(22(29)26-23(28)31-20)14-15-12-13-19(30-15)16-9-7-8-10-18(16)24/h7-10,12-14,25H,2-6,11H2,1H3. The molecule has 0 radical (unpaired) electrons. The molecule has 4 rings (SSSR count). The van der Waals surface area contributed by atoms with Gasteiger partial charge < -0.3 is 4.42 Å². The minimum absolute atomic E-state index is 0.0131. The van der Waals surface area contributed by atoms with E-state index in [9.17, 15) is 4.79 Å². The summed E-state index contributed by atoms with van der Waals surface area (Å²) >= 11 is 7.61. The first kappa shape index (κ1) is 21.6. The first-order valence-electron chi connectivity index (χ1n) is 10.4. The van der Waals surface area contributed by atoms with Crippen molar-refractivity contribution in [2.24, 2.45) is 10.1 Å². The monoisotopic (exact) mass is 454 g/mol. The van der Waals surface area contributed by atoms with Gasteiger partial charge in [-0.05, 0) is 54.9 Å². The molecule has 0 bridgehead atoms. The minimum atomic E-state index is -0.459. The lowest BCUT2D eigenvalue weighted by atomic mass is 10.1. The molecule has 1 aromatic heterocycles.